The van der Waals surface area contributed by atoms with Gasteiger partial charge in [0.05, 0.1) is 12.2 Å². The van der Waals surface area contributed by atoms with Crippen molar-refractivity contribution in [3.8, 4) is 0 Å². The molecular formula is C18H24O3. The lowest BCUT2D eigenvalue weighted by Gasteiger charge is -2.23. The Kier molecular flexibility index (Phi) is 4.91. The summed E-state index contributed by atoms with van der Waals surface area (Å²) in [5.74, 6) is 0.358. The lowest BCUT2D eigenvalue weighted by atomic mass is 9.84. The molecule has 1 atom stereocenters. The molecule has 0 spiro atoms. The summed E-state index contributed by atoms with van der Waals surface area (Å²) < 4.78 is 10.9. The maximum Gasteiger partial charge on any atom is 0.340 e. The standard InChI is InChI=1S/C18H24O3/c19-18(21-17-11-4-5-12-20-17)16-10-6-9-15(13-16)14-7-2-1-3-8-14/h6,9-10,13-14,17H,1-5,7-8,11-12H2. The van der Waals surface area contributed by atoms with Crippen LogP contribution in [-0.2, 0) is 9.47 Å². The number of carbonyl (C=O) groups is 1. The second-order valence-corrected chi connectivity index (χ2v) is 6.16. The Labute approximate surface area is 126 Å². The second kappa shape index (κ2) is 7.08. The molecule has 114 valence electrons. The predicted octanol–water partition coefficient (Wildman–Crippen LogP) is 4.42. The van der Waals surface area contributed by atoms with Crippen LogP contribution in [0, 0.1) is 0 Å². The van der Waals surface area contributed by atoms with Crippen molar-refractivity contribution in [3.63, 3.8) is 0 Å². The summed E-state index contributed by atoms with van der Waals surface area (Å²) in [5, 5.41) is 0. The zero-order chi connectivity index (χ0) is 14.5. The van der Waals surface area contributed by atoms with E-state index in [2.05, 4.69) is 6.07 Å². The molecule has 0 N–H and O–H groups in total. The molecule has 0 amide bonds. The van der Waals surface area contributed by atoms with E-state index >= 15 is 0 Å². The minimum Gasteiger partial charge on any atom is -0.432 e. The van der Waals surface area contributed by atoms with E-state index in [-0.39, 0.29) is 12.3 Å². The average molecular weight is 288 g/mol. The van der Waals surface area contributed by atoms with E-state index in [0.717, 1.165) is 19.3 Å². The minimum absolute atomic E-state index is 0.250. The van der Waals surface area contributed by atoms with Crippen LogP contribution >= 0.6 is 0 Å². The van der Waals surface area contributed by atoms with Gasteiger partial charge in [0.25, 0.3) is 0 Å². The molecule has 2 aliphatic rings. The van der Waals surface area contributed by atoms with Crippen LogP contribution in [0.2, 0.25) is 0 Å². The molecule has 1 unspecified atom stereocenters. The molecule has 3 heteroatoms. The van der Waals surface area contributed by atoms with Gasteiger partial charge in [0.1, 0.15) is 0 Å². The molecule has 0 radical (unpaired) electrons. The van der Waals surface area contributed by atoms with E-state index in [1.165, 1.54) is 37.7 Å². The molecule has 1 heterocycles. The van der Waals surface area contributed by atoms with Crippen LogP contribution in [-0.4, -0.2) is 18.9 Å². The fourth-order valence-electron chi connectivity index (χ4n) is 3.35. The highest BCUT2D eigenvalue weighted by Crippen LogP contribution is 2.33. The molecule has 0 bridgehead atoms. The molecule has 0 aromatic heterocycles. The summed E-state index contributed by atoms with van der Waals surface area (Å²) in [6.07, 6.45) is 9.01. The van der Waals surface area contributed by atoms with Crippen molar-refractivity contribution in [2.75, 3.05) is 6.61 Å². The second-order valence-electron chi connectivity index (χ2n) is 6.16. The molecule has 1 aromatic carbocycles. The summed E-state index contributed by atoms with van der Waals surface area (Å²) in [6, 6.07) is 7.98. The fourth-order valence-corrected chi connectivity index (χ4v) is 3.35. The zero-order valence-corrected chi connectivity index (χ0v) is 12.6. The Balaban J connectivity index is 1.65. The number of esters is 1. The third kappa shape index (κ3) is 3.85. The van der Waals surface area contributed by atoms with Crippen molar-refractivity contribution in [2.24, 2.45) is 0 Å². The van der Waals surface area contributed by atoms with Crippen LogP contribution in [0.5, 0.6) is 0 Å². The molecule has 21 heavy (non-hydrogen) atoms. The van der Waals surface area contributed by atoms with E-state index in [0.29, 0.717) is 18.1 Å². The van der Waals surface area contributed by atoms with E-state index in [9.17, 15) is 4.79 Å². The van der Waals surface area contributed by atoms with Gasteiger partial charge in [-0.3, -0.25) is 0 Å². The summed E-state index contributed by atoms with van der Waals surface area (Å²) in [6.45, 7) is 0.695. The highest BCUT2D eigenvalue weighted by molar-refractivity contribution is 5.89. The van der Waals surface area contributed by atoms with Gasteiger partial charge < -0.3 is 9.47 Å². The van der Waals surface area contributed by atoms with Gasteiger partial charge in [0.2, 0.25) is 6.29 Å². The quantitative estimate of drug-likeness (QED) is 0.772. The highest BCUT2D eigenvalue weighted by atomic mass is 16.7. The SMILES string of the molecule is O=C(OC1CCCCO1)c1cccc(C2CCCCC2)c1. The van der Waals surface area contributed by atoms with Crippen LogP contribution in [0.15, 0.2) is 24.3 Å². The Morgan fingerprint density at radius 3 is 2.62 bits per heavy atom. The first-order chi connectivity index (χ1) is 10.3. The number of benzene rings is 1. The number of hydrogen-bond acceptors (Lipinski definition) is 3. The first kappa shape index (κ1) is 14.6. The van der Waals surface area contributed by atoms with E-state index in [1.54, 1.807) is 0 Å². The minimum atomic E-state index is -0.357. The molecule has 3 rings (SSSR count). The largest absolute Gasteiger partial charge is 0.432 e. The maximum atomic E-state index is 12.2. The van der Waals surface area contributed by atoms with Gasteiger partial charge in [-0.05, 0) is 49.3 Å². The van der Waals surface area contributed by atoms with Gasteiger partial charge in [-0.15, -0.1) is 0 Å². The lowest BCUT2D eigenvalue weighted by Crippen LogP contribution is -2.25. The normalized spacial score (nSPS) is 23.7. The zero-order valence-electron chi connectivity index (χ0n) is 12.6. The van der Waals surface area contributed by atoms with Gasteiger partial charge in [-0.2, -0.15) is 0 Å². The van der Waals surface area contributed by atoms with Crippen LogP contribution in [0.3, 0.4) is 0 Å². The molecule has 1 aliphatic carbocycles. The van der Waals surface area contributed by atoms with Crippen molar-refractivity contribution < 1.29 is 14.3 Å². The Morgan fingerprint density at radius 2 is 1.86 bits per heavy atom. The number of ether oxygens (including phenoxy) is 2. The smallest absolute Gasteiger partial charge is 0.340 e. The number of hydrogen-bond donors (Lipinski definition) is 0. The first-order valence-corrected chi connectivity index (χ1v) is 8.25. The Morgan fingerprint density at radius 1 is 1.05 bits per heavy atom. The van der Waals surface area contributed by atoms with Gasteiger partial charge in [-0.25, -0.2) is 4.79 Å². The van der Waals surface area contributed by atoms with E-state index in [4.69, 9.17) is 9.47 Å². The summed E-state index contributed by atoms with van der Waals surface area (Å²) in [4.78, 5) is 12.2. The first-order valence-electron chi connectivity index (χ1n) is 8.25. The van der Waals surface area contributed by atoms with Crippen molar-refractivity contribution in [1.82, 2.24) is 0 Å². The molecule has 1 saturated carbocycles. The topological polar surface area (TPSA) is 35.5 Å². The molecule has 1 aromatic rings. The van der Waals surface area contributed by atoms with Crippen LogP contribution in [0.1, 0.15) is 73.2 Å². The summed E-state index contributed by atoms with van der Waals surface area (Å²) >= 11 is 0. The van der Waals surface area contributed by atoms with Crippen LogP contribution in [0.25, 0.3) is 0 Å². The highest BCUT2D eigenvalue weighted by Gasteiger charge is 2.21. The number of rotatable bonds is 3. The van der Waals surface area contributed by atoms with Crippen molar-refractivity contribution in [2.45, 2.75) is 63.6 Å². The average Bonchev–Trinajstić information content (AvgIpc) is 2.57. The fraction of sp³-hybridized carbons (Fsp3) is 0.611. The van der Waals surface area contributed by atoms with Crippen LogP contribution in [0.4, 0.5) is 0 Å². The van der Waals surface area contributed by atoms with Crippen LogP contribution < -0.4 is 0 Å². The lowest BCUT2D eigenvalue weighted by molar-refractivity contribution is -0.131. The third-order valence-corrected chi connectivity index (χ3v) is 4.58. The van der Waals surface area contributed by atoms with E-state index in [1.807, 2.05) is 18.2 Å². The van der Waals surface area contributed by atoms with Crippen molar-refractivity contribution in [3.05, 3.63) is 35.4 Å². The number of carbonyl (C=O) groups excluding carboxylic acids is 1. The molecule has 1 saturated heterocycles. The van der Waals surface area contributed by atoms with Gasteiger partial charge >= 0.3 is 5.97 Å². The van der Waals surface area contributed by atoms with E-state index < -0.39 is 0 Å². The molecule has 2 fully saturated rings. The molecule has 1 aliphatic heterocycles. The summed E-state index contributed by atoms with van der Waals surface area (Å²) in [7, 11) is 0. The van der Waals surface area contributed by atoms with Crippen molar-refractivity contribution in [1.29, 1.82) is 0 Å². The Hall–Kier alpha value is -1.35. The predicted molar refractivity (Wildman–Crippen MR) is 81.3 cm³/mol. The van der Waals surface area contributed by atoms with Gasteiger partial charge in [0.15, 0.2) is 0 Å². The van der Waals surface area contributed by atoms with Gasteiger partial charge in [0, 0.05) is 6.42 Å². The van der Waals surface area contributed by atoms with Crippen molar-refractivity contribution >= 4 is 5.97 Å². The maximum absolute atomic E-state index is 12.2. The summed E-state index contributed by atoms with van der Waals surface area (Å²) in [5.41, 5.74) is 1.95. The third-order valence-electron chi connectivity index (χ3n) is 4.58. The molecule has 3 nitrogen and oxygen atoms in total. The van der Waals surface area contributed by atoms with Gasteiger partial charge in [-0.1, -0.05) is 31.4 Å². The Bertz CT molecular complexity index is 471. The molecular weight excluding hydrogens is 264 g/mol. The monoisotopic (exact) mass is 288 g/mol.